The Balaban J connectivity index is 0.000000606. The van der Waals surface area contributed by atoms with E-state index in [-0.39, 0.29) is 12.1 Å². The van der Waals surface area contributed by atoms with E-state index in [1.165, 1.54) is 0 Å². The van der Waals surface area contributed by atoms with Crippen molar-refractivity contribution in [2.75, 3.05) is 0 Å². The molecule has 1 aliphatic rings. The lowest BCUT2D eigenvalue weighted by Gasteiger charge is -2.08. The van der Waals surface area contributed by atoms with Crippen LogP contribution >= 0.6 is 0 Å². The van der Waals surface area contributed by atoms with Crippen molar-refractivity contribution in [2.45, 2.75) is 33.8 Å². The molecule has 0 N–H and O–H groups in total. The summed E-state index contributed by atoms with van der Waals surface area (Å²) in [5.41, 5.74) is 2.81. The van der Waals surface area contributed by atoms with E-state index in [0.717, 1.165) is 16.7 Å². The highest BCUT2D eigenvalue weighted by Crippen LogP contribution is 2.30. The molecular formula is C14H18O2. The van der Waals surface area contributed by atoms with Gasteiger partial charge in [0.05, 0.1) is 0 Å². The van der Waals surface area contributed by atoms with E-state index in [1.807, 2.05) is 58.0 Å². The number of ether oxygens (including phenoxy) is 1. The minimum absolute atomic E-state index is 0.120. The Morgan fingerprint density at radius 1 is 1.12 bits per heavy atom. The van der Waals surface area contributed by atoms with Crippen LogP contribution in [0.1, 0.15) is 33.3 Å². The maximum Gasteiger partial charge on any atom is 0.334 e. The van der Waals surface area contributed by atoms with Gasteiger partial charge in [-0.25, -0.2) is 4.79 Å². The van der Waals surface area contributed by atoms with Gasteiger partial charge in [-0.1, -0.05) is 44.2 Å². The molecule has 0 saturated carbocycles. The molecule has 0 aromatic heterocycles. The predicted octanol–water partition coefficient (Wildman–Crippen LogP) is 3.43. The fraction of sp³-hybridized carbons (Fsp3) is 0.357. The van der Waals surface area contributed by atoms with Gasteiger partial charge in [0.15, 0.2) is 0 Å². The molecule has 1 aliphatic heterocycles. The summed E-state index contributed by atoms with van der Waals surface area (Å²) in [5, 5.41) is 0. The number of rotatable bonds is 1. The largest absolute Gasteiger partial charge is 0.454 e. The SMILES string of the molecule is CC.CC1=C(c2ccccc2)C(C)OC1=O. The van der Waals surface area contributed by atoms with E-state index < -0.39 is 0 Å². The quantitative estimate of drug-likeness (QED) is 0.675. The highest BCUT2D eigenvalue weighted by Gasteiger charge is 2.28. The third-order valence-corrected chi connectivity index (χ3v) is 2.49. The monoisotopic (exact) mass is 218 g/mol. The normalized spacial score (nSPS) is 19.0. The van der Waals surface area contributed by atoms with Crippen LogP contribution in [-0.4, -0.2) is 12.1 Å². The maximum absolute atomic E-state index is 11.3. The van der Waals surface area contributed by atoms with Crippen LogP contribution in [0.5, 0.6) is 0 Å². The molecule has 2 heteroatoms. The second-order valence-electron chi connectivity index (χ2n) is 3.45. The Morgan fingerprint density at radius 3 is 2.12 bits per heavy atom. The zero-order valence-electron chi connectivity index (χ0n) is 10.3. The first kappa shape index (κ1) is 12.5. The van der Waals surface area contributed by atoms with Crippen LogP contribution in [0.3, 0.4) is 0 Å². The van der Waals surface area contributed by atoms with E-state index in [9.17, 15) is 4.79 Å². The molecule has 0 fully saturated rings. The summed E-state index contributed by atoms with van der Waals surface area (Å²) in [6, 6.07) is 9.88. The molecule has 0 spiro atoms. The molecular weight excluding hydrogens is 200 g/mol. The zero-order chi connectivity index (χ0) is 12.1. The Morgan fingerprint density at radius 2 is 1.69 bits per heavy atom. The van der Waals surface area contributed by atoms with Crippen molar-refractivity contribution in [3.05, 3.63) is 41.5 Å². The Bertz CT molecular complexity index is 390. The van der Waals surface area contributed by atoms with Crippen LogP contribution in [0.2, 0.25) is 0 Å². The van der Waals surface area contributed by atoms with Crippen LogP contribution in [0.15, 0.2) is 35.9 Å². The molecule has 16 heavy (non-hydrogen) atoms. The fourth-order valence-electron chi connectivity index (χ4n) is 1.79. The van der Waals surface area contributed by atoms with E-state index >= 15 is 0 Å². The molecule has 1 aromatic carbocycles. The predicted molar refractivity (Wildman–Crippen MR) is 65.9 cm³/mol. The zero-order valence-corrected chi connectivity index (χ0v) is 10.3. The van der Waals surface area contributed by atoms with Crippen molar-refractivity contribution in [3.8, 4) is 0 Å². The maximum atomic E-state index is 11.3. The molecule has 0 aliphatic carbocycles. The van der Waals surface area contributed by atoms with Gasteiger partial charge in [0, 0.05) is 11.1 Å². The lowest BCUT2D eigenvalue weighted by molar-refractivity contribution is -0.138. The summed E-state index contributed by atoms with van der Waals surface area (Å²) in [7, 11) is 0. The van der Waals surface area contributed by atoms with Gasteiger partial charge < -0.3 is 4.74 Å². The Labute approximate surface area is 96.9 Å². The summed E-state index contributed by atoms with van der Waals surface area (Å²) >= 11 is 0. The highest BCUT2D eigenvalue weighted by atomic mass is 16.5. The Hall–Kier alpha value is -1.57. The smallest absolute Gasteiger partial charge is 0.334 e. The standard InChI is InChI=1S/C12H12O2.C2H6/c1-8-11(9(2)14-12(8)13)10-6-4-3-5-7-10;1-2/h3-7,9H,1-2H3;1-2H3. The van der Waals surface area contributed by atoms with Gasteiger partial charge in [0.1, 0.15) is 6.10 Å². The first-order valence-corrected chi connectivity index (χ1v) is 5.67. The second kappa shape index (κ2) is 5.50. The van der Waals surface area contributed by atoms with Crippen molar-refractivity contribution in [1.29, 1.82) is 0 Å². The highest BCUT2D eigenvalue weighted by molar-refractivity contribution is 6.02. The van der Waals surface area contributed by atoms with Crippen molar-refractivity contribution >= 4 is 11.5 Å². The molecule has 86 valence electrons. The first-order valence-electron chi connectivity index (χ1n) is 5.67. The average molecular weight is 218 g/mol. The number of benzene rings is 1. The molecule has 0 bridgehead atoms. The molecule has 1 aromatic rings. The van der Waals surface area contributed by atoms with Crippen LogP contribution in [0, 0.1) is 0 Å². The minimum Gasteiger partial charge on any atom is -0.454 e. The third kappa shape index (κ3) is 2.32. The number of carbonyl (C=O) groups is 1. The van der Waals surface area contributed by atoms with E-state index in [2.05, 4.69) is 0 Å². The topological polar surface area (TPSA) is 26.3 Å². The molecule has 0 amide bonds. The molecule has 2 rings (SSSR count). The number of esters is 1. The average Bonchev–Trinajstić information content (AvgIpc) is 2.57. The minimum atomic E-state index is -0.198. The van der Waals surface area contributed by atoms with Gasteiger partial charge >= 0.3 is 5.97 Å². The van der Waals surface area contributed by atoms with E-state index in [1.54, 1.807) is 0 Å². The van der Waals surface area contributed by atoms with E-state index in [0.29, 0.717) is 0 Å². The summed E-state index contributed by atoms with van der Waals surface area (Å²) in [6.07, 6.45) is -0.120. The van der Waals surface area contributed by atoms with Gasteiger partial charge in [0.2, 0.25) is 0 Å². The number of cyclic esters (lactones) is 1. The van der Waals surface area contributed by atoms with Crippen LogP contribution in [0.4, 0.5) is 0 Å². The van der Waals surface area contributed by atoms with Crippen LogP contribution in [0.25, 0.3) is 5.57 Å². The lowest BCUT2D eigenvalue weighted by atomic mass is 9.99. The van der Waals surface area contributed by atoms with Crippen molar-refractivity contribution in [3.63, 3.8) is 0 Å². The van der Waals surface area contributed by atoms with Crippen molar-refractivity contribution < 1.29 is 9.53 Å². The van der Waals surface area contributed by atoms with Gasteiger partial charge in [-0.2, -0.15) is 0 Å². The number of hydrogen-bond acceptors (Lipinski definition) is 2. The second-order valence-corrected chi connectivity index (χ2v) is 3.45. The van der Waals surface area contributed by atoms with Crippen molar-refractivity contribution in [2.24, 2.45) is 0 Å². The third-order valence-electron chi connectivity index (χ3n) is 2.49. The summed E-state index contributed by atoms with van der Waals surface area (Å²) in [4.78, 5) is 11.3. The summed E-state index contributed by atoms with van der Waals surface area (Å²) in [5.74, 6) is -0.198. The summed E-state index contributed by atoms with van der Waals surface area (Å²) < 4.78 is 5.13. The van der Waals surface area contributed by atoms with E-state index in [4.69, 9.17) is 4.74 Å². The molecule has 1 heterocycles. The fourth-order valence-corrected chi connectivity index (χ4v) is 1.79. The molecule has 0 radical (unpaired) electrons. The van der Waals surface area contributed by atoms with Crippen molar-refractivity contribution in [1.82, 2.24) is 0 Å². The molecule has 0 saturated heterocycles. The van der Waals surface area contributed by atoms with Gasteiger partial charge in [-0.15, -0.1) is 0 Å². The van der Waals surface area contributed by atoms with Gasteiger partial charge in [-0.3, -0.25) is 0 Å². The first-order chi connectivity index (χ1) is 7.70. The number of carbonyl (C=O) groups excluding carboxylic acids is 1. The Kier molecular flexibility index (Phi) is 4.29. The molecule has 1 unspecified atom stereocenters. The molecule has 1 atom stereocenters. The van der Waals surface area contributed by atoms with Crippen LogP contribution < -0.4 is 0 Å². The molecule has 2 nitrogen and oxygen atoms in total. The van der Waals surface area contributed by atoms with Crippen LogP contribution in [-0.2, 0) is 9.53 Å². The van der Waals surface area contributed by atoms with Gasteiger partial charge in [-0.05, 0) is 19.4 Å². The summed E-state index contributed by atoms with van der Waals surface area (Å²) in [6.45, 7) is 7.71. The van der Waals surface area contributed by atoms with Gasteiger partial charge in [0.25, 0.3) is 0 Å². The lowest BCUT2D eigenvalue weighted by Crippen LogP contribution is -2.05. The number of hydrogen-bond donors (Lipinski definition) is 0.